The van der Waals surface area contributed by atoms with Gasteiger partial charge in [-0.15, -0.1) is 0 Å². The summed E-state index contributed by atoms with van der Waals surface area (Å²) < 4.78 is 0. The van der Waals surface area contributed by atoms with E-state index in [0.29, 0.717) is 6.54 Å². The molecule has 1 aliphatic carbocycles. The second-order valence-electron chi connectivity index (χ2n) is 5.51. The van der Waals surface area contributed by atoms with Crippen molar-refractivity contribution in [1.29, 1.82) is 0 Å². The van der Waals surface area contributed by atoms with Crippen LogP contribution in [0.2, 0.25) is 0 Å². The molecule has 0 aromatic heterocycles. The van der Waals surface area contributed by atoms with Crippen LogP contribution in [0.1, 0.15) is 38.5 Å². The Balaban J connectivity index is 1.69. The Morgan fingerprint density at radius 1 is 1.16 bits per heavy atom. The molecule has 19 heavy (non-hydrogen) atoms. The van der Waals surface area contributed by atoms with Crippen LogP contribution in [0, 0.1) is 0 Å². The molecule has 1 unspecified atom stereocenters. The van der Waals surface area contributed by atoms with Gasteiger partial charge in [-0.3, -0.25) is 15.0 Å². The van der Waals surface area contributed by atoms with Crippen LogP contribution in [0.25, 0.3) is 0 Å². The predicted octanol–water partition coefficient (Wildman–Crippen LogP) is 0.178. The molecule has 0 bridgehead atoms. The molecular weight excluding hydrogens is 244 g/mol. The van der Waals surface area contributed by atoms with Crippen molar-refractivity contribution < 1.29 is 9.59 Å². The quantitative estimate of drug-likeness (QED) is 0.678. The minimum absolute atomic E-state index is 0.233. The summed E-state index contributed by atoms with van der Waals surface area (Å²) in [6.45, 7) is 1.72. The number of hydrogen-bond donors (Lipinski definition) is 3. The van der Waals surface area contributed by atoms with E-state index in [1.165, 1.54) is 0 Å². The van der Waals surface area contributed by atoms with Crippen molar-refractivity contribution in [3.05, 3.63) is 0 Å². The van der Waals surface area contributed by atoms with Crippen LogP contribution in [0.3, 0.4) is 0 Å². The molecule has 0 aromatic carbocycles. The van der Waals surface area contributed by atoms with Gasteiger partial charge in [-0.1, -0.05) is 12.8 Å². The molecule has 0 radical (unpaired) electrons. The van der Waals surface area contributed by atoms with Gasteiger partial charge in [0.05, 0.1) is 6.54 Å². The van der Waals surface area contributed by atoms with Crippen LogP contribution in [0.4, 0.5) is 4.79 Å². The van der Waals surface area contributed by atoms with Gasteiger partial charge < -0.3 is 11.1 Å². The van der Waals surface area contributed by atoms with E-state index in [1.807, 2.05) is 0 Å². The van der Waals surface area contributed by atoms with Crippen LogP contribution >= 0.6 is 0 Å². The maximum atomic E-state index is 11.8. The molecule has 1 atom stereocenters. The second-order valence-corrected chi connectivity index (χ2v) is 5.51. The third-order valence-corrected chi connectivity index (χ3v) is 4.06. The van der Waals surface area contributed by atoms with Gasteiger partial charge in [0.25, 0.3) is 0 Å². The van der Waals surface area contributed by atoms with E-state index in [9.17, 15) is 9.59 Å². The van der Waals surface area contributed by atoms with Gasteiger partial charge in [0.2, 0.25) is 5.91 Å². The van der Waals surface area contributed by atoms with E-state index < -0.39 is 0 Å². The molecule has 3 amide bonds. The standard InChI is InChI=1S/C13H24N4O2/c14-8-11-6-3-7-17(11)9-12(18)16-13(19)15-10-4-1-2-5-10/h10-11H,1-9,14H2,(H2,15,16,18,19). The van der Waals surface area contributed by atoms with E-state index >= 15 is 0 Å². The van der Waals surface area contributed by atoms with E-state index in [1.54, 1.807) is 0 Å². The Hall–Kier alpha value is -1.14. The third kappa shape index (κ3) is 4.18. The van der Waals surface area contributed by atoms with Crippen LogP contribution < -0.4 is 16.4 Å². The number of rotatable bonds is 4. The lowest BCUT2D eigenvalue weighted by atomic mass is 10.2. The highest BCUT2D eigenvalue weighted by atomic mass is 16.2. The van der Waals surface area contributed by atoms with Crippen molar-refractivity contribution in [2.45, 2.75) is 50.6 Å². The topological polar surface area (TPSA) is 87.5 Å². The number of nitrogens with one attached hydrogen (secondary N) is 2. The summed E-state index contributed by atoms with van der Waals surface area (Å²) in [4.78, 5) is 25.5. The molecule has 0 spiro atoms. The first-order chi connectivity index (χ1) is 9.19. The maximum Gasteiger partial charge on any atom is 0.321 e. The number of urea groups is 1. The highest BCUT2D eigenvalue weighted by Crippen LogP contribution is 2.17. The summed E-state index contributed by atoms with van der Waals surface area (Å²) in [5, 5.41) is 5.25. The molecule has 2 fully saturated rings. The minimum Gasteiger partial charge on any atom is -0.335 e. The predicted molar refractivity (Wildman–Crippen MR) is 72.6 cm³/mol. The Morgan fingerprint density at radius 3 is 2.58 bits per heavy atom. The van der Waals surface area contributed by atoms with Crippen molar-refractivity contribution in [1.82, 2.24) is 15.5 Å². The Bertz CT molecular complexity index is 329. The number of nitrogens with two attached hydrogens (primary N) is 1. The Morgan fingerprint density at radius 2 is 1.89 bits per heavy atom. The summed E-state index contributed by atoms with van der Waals surface area (Å²) in [6, 6.07) is 0.153. The molecule has 108 valence electrons. The van der Waals surface area contributed by atoms with Crippen LogP contribution in [0.15, 0.2) is 0 Å². The first-order valence-corrected chi connectivity index (χ1v) is 7.23. The fraction of sp³-hybridized carbons (Fsp3) is 0.846. The summed E-state index contributed by atoms with van der Waals surface area (Å²) in [6.07, 6.45) is 6.46. The van der Waals surface area contributed by atoms with Crippen LogP contribution in [0.5, 0.6) is 0 Å². The Labute approximate surface area is 114 Å². The summed E-state index contributed by atoms with van der Waals surface area (Å²) >= 11 is 0. The molecule has 4 N–H and O–H groups in total. The number of likely N-dealkylation sites (tertiary alicyclic amines) is 1. The van der Waals surface area contributed by atoms with E-state index in [-0.39, 0.29) is 30.6 Å². The number of hydrogen-bond acceptors (Lipinski definition) is 4. The van der Waals surface area contributed by atoms with Crippen molar-refractivity contribution in [2.75, 3.05) is 19.6 Å². The SMILES string of the molecule is NCC1CCCN1CC(=O)NC(=O)NC1CCCC1. The lowest BCUT2D eigenvalue weighted by Crippen LogP contribution is -2.48. The zero-order valence-electron chi connectivity index (χ0n) is 11.4. The molecule has 1 aliphatic heterocycles. The number of carbonyl (C=O) groups is 2. The first-order valence-electron chi connectivity index (χ1n) is 7.23. The molecular formula is C13H24N4O2. The zero-order valence-corrected chi connectivity index (χ0v) is 11.4. The maximum absolute atomic E-state index is 11.8. The number of nitrogens with zero attached hydrogens (tertiary/aromatic N) is 1. The molecule has 1 saturated heterocycles. The summed E-state index contributed by atoms with van der Waals surface area (Å²) in [5.41, 5.74) is 5.66. The smallest absolute Gasteiger partial charge is 0.321 e. The highest BCUT2D eigenvalue weighted by Gasteiger charge is 2.25. The van der Waals surface area contributed by atoms with Crippen molar-refractivity contribution in [3.63, 3.8) is 0 Å². The second kappa shape index (κ2) is 6.86. The summed E-state index contributed by atoms with van der Waals surface area (Å²) in [5.74, 6) is -0.240. The monoisotopic (exact) mass is 268 g/mol. The van der Waals surface area contributed by atoms with Crippen LogP contribution in [-0.2, 0) is 4.79 Å². The molecule has 6 heteroatoms. The largest absolute Gasteiger partial charge is 0.335 e. The average Bonchev–Trinajstić information content (AvgIpc) is 2.99. The first kappa shape index (κ1) is 14.3. The molecule has 6 nitrogen and oxygen atoms in total. The van der Waals surface area contributed by atoms with Crippen molar-refractivity contribution in [3.8, 4) is 0 Å². The van der Waals surface area contributed by atoms with E-state index in [0.717, 1.165) is 45.1 Å². The number of amides is 3. The van der Waals surface area contributed by atoms with Gasteiger partial charge in [0.15, 0.2) is 0 Å². The number of carbonyl (C=O) groups excluding carboxylic acids is 2. The summed E-state index contributed by atoms with van der Waals surface area (Å²) in [7, 11) is 0. The lowest BCUT2D eigenvalue weighted by molar-refractivity contribution is -0.121. The fourth-order valence-electron chi connectivity index (χ4n) is 3.01. The minimum atomic E-state index is -0.361. The molecule has 2 rings (SSSR count). The molecule has 1 heterocycles. The molecule has 2 aliphatic rings. The van der Waals surface area contributed by atoms with Crippen LogP contribution in [-0.4, -0.2) is 48.6 Å². The van der Waals surface area contributed by atoms with Crippen molar-refractivity contribution in [2.24, 2.45) is 5.73 Å². The van der Waals surface area contributed by atoms with Crippen molar-refractivity contribution >= 4 is 11.9 Å². The van der Waals surface area contributed by atoms with E-state index in [2.05, 4.69) is 15.5 Å². The van der Waals surface area contributed by atoms with E-state index in [4.69, 9.17) is 5.73 Å². The van der Waals surface area contributed by atoms with Gasteiger partial charge >= 0.3 is 6.03 Å². The normalized spacial score (nSPS) is 24.6. The number of imide groups is 1. The Kier molecular flexibility index (Phi) is 5.15. The van der Waals surface area contributed by atoms with Gasteiger partial charge in [-0.2, -0.15) is 0 Å². The highest BCUT2D eigenvalue weighted by molar-refractivity contribution is 5.95. The third-order valence-electron chi connectivity index (χ3n) is 4.06. The van der Waals surface area contributed by atoms with Gasteiger partial charge in [0.1, 0.15) is 0 Å². The zero-order chi connectivity index (χ0) is 13.7. The molecule has 0 aromatic rings. The molecule has 1 saturated carbocycles. The van der Waals surface area contributed by atoms with Gasteiger partial charge in [-0.25, -0.2) is 4.79 Å². The average molecular weight is 268 g/mol. The lowest BCUT2D eigenvalue weighted by Gasteiger charge is -2.22. The fourth-order valence-corrected chi connectivity index (χ4v) is 3.01. The van der Waals surface area contributed by atoms with Gasteiger partial charge in [0, 0.05) is 18.6 Å². The van der Waals surface area contributed by atoms with Gasteiger partial charge in [-0.05, 0) is 32.2 Å².